The summed E-state index contributed by atoms with van der Waals surface area (Å²) in [6.45, 7) is 6.49. The number of nitriles is 1. The maximum absolute atomic E-state index is 14.7. The van der Waals surface area contributed by atoms with Crippen molar-refractivity contribution in [2.45, 2.75) is 95.2 Å². The van der Waals surface area contributed by atoms with Gasteiger partial charge in [-0.3, -0.25) is 33.6 Å². The molecule has 0 saturated carbocycles. The Labute approximate surface area is 462 Å². The summed E-state index contributed by atoms with van der Waals surface area (Å²) in [5.74, 6) is -1.13. The number of piperidine rings is 1. The second-order valence-corrected chi connectivity index (χ2v) is 21.6. The van der Waals surface area contributed by atoms with E-state index in [4.69, 9.17) is 30.3 Å². The van der Waals surface area contributed by atoms with Gasteiger partial charge in [0, 0.05) is 56.5 Å². The Bertz CT molecular complexity index is 2970. The van der Waals surface area contributed by atoms with Gasteiger partial charge in [-0.1, -0.05) is 0 Å². The minimum Gasteiger partial charge on any atom is -0.381 e. The van der Waals surface area contributed by atoms with Crippen molar-refractivity contribution >= 4 is 57.9 Å². The summed E-state index contributed by atoms with van der Waals surface area (Å²) >= 11 is 1.48. The number of hydrogen-bond donors (Lipinski definition) is 4. The number of likely N-dealkylation sites (N-methyl/N-ethyl adjacent to an activating group) is 1. The normalized spacial score (nSPS) is 20.3. The molecular weight excluding hydrogens is 1040 g/mol. The Hall–Kier alpha value is -6.91. The number of amides is 4. The van der Waals surface area contributed by atoms with Crippen molar-refractivity contribution in [3.63, 3.8) is 0 Å². The van der Waals surface area contributed by atoms with Crippen LogP contribution in [0.25, 0.3) is 11.3 Å². The molecule has 9 rings (SSSR count). The Morgan fingerprint density at radius 3 is 2.43 bits per heavy atom. The average Bonchev–Trinajstić information content (AvgIpc) is 4.36. The highest BCUT2D eigenvalue weighted by molar-refractivity contribution is 8.14. The van der Waals surface area contributed by atoms with Crippen LogP contribution in [0.2, 0.25) is 0 Å². The van der Waals surface area contributed by atoms with Gasteiger partial charge in [-0.25, -0.2) is 18.7 Å². The first-order chi connectivity index (χ1) is 38.2. The maximum Gasteiger partial charge on any atom is 0.254 e. The highest BCUT2D eigenvalue weighted by Gasteiger charge is 2.43. The van der Waals surface area contributed by atoms with Crippen LogP contribution in [-0.4, -0.2) is 179 Å². The number of ketones is 1. The lowest BCUT2D eigenvalue weighted by Crippen LogP contribution is -2.58. The summed E-state index contributed by atoms with van der Waals surface area (Å²) in [6.07, 6.45) is 5.86. The summed E-state index contributed by atoms with van der Waals surface area (Å²) < 4.78 is 41.3. The van der Waals surface area contributed by atoms with Crippen molar-refractivity contribution < 1.29 is 42.2 Å². The fourth-order valence-electron chi connectivity index (χ4n) is 11.1. The summed E-state index contributed by atoms with van der Waals surface area (Å²) in [6, 6.07) is 9.38. The number of aromatic nitrogens is 4. The van der Waals surface area contributed by atoms with E-state index in [0.717, 1.165) is 31.0 Å². The van der Waals surface area contributed by atoms with Gasteiger partial charge in [-0.2, -0.15) is 10.4 Å². The number of thioether (sulfide) groups is 1. The van der Waals surface area contributed by atoms with Crippen molar-refractivity contribution in [3.8, 4) is 17.3 Å². The van der Waals surface area contributed by atoms with E-state index in [-0.39, 0.29) is 98.2 Å². The third kappa shape index (κ3) is 13.1. The number of nitrogens with two attached hydrogens (primary N) is 1. The van der Waals surface area contributed by atoms with E-state index < -0.39 is 29.8 Å². The van der Waals surface area contributed by atoms with Crippen LogP contribution in [0.15, 0.2) is 53.7 Å². The number of benzene rings is 2. The van der Waals surface area contributed by atoms with Crippen molar-refractivity contribution in [3.05, 3.63) is 88.4 Å². The van der Waals surface area contributed by atoms with Gasteiger partial charge in [-0.05, 0) is 120 Å². The van der Waals surface area contributed by atoms with Crippen LogP contribution in [0.4, 0.5) is 20.4 Å². The van der Waals surface area contributed by atoms with Crippen LogP contribution in [0.5, 0.6) is 0 Å². The molecule has 0 spiro atoms. The molecule has 5 aliphatic rings. The van der Waals surface area contributed by atoms with Crippen molar-refractivity contribution in [2.24, 2.45) is 10.9 Å². The number of hydrogen-bond acceptors (Lipinski definition) is 17. The molecule has 4 amide bonds. The summed E-state index contributed by atoms with van der Waals surface area (Å²) in [5, 5.41) is 24.9. The highest BCUT2D eigenvalue weighted by Crippen LogP contribution is 2.41. The number of nitrogens with one attached hydrogen (secondary N) is 3. The largest absolute Gasteiger partial charge is 0.381 e. The Kier molecular flexibility index (Phi) is 18.6. The number of nitrogens with zero attached hydrogens (tertiary/aromatic N) is 10. The van der Waals surface area contributed by atoms with Gasteiger partial charge in [0.25, 0.3) is 5.91 Å². The zero-order valence-corrected chi connectivity index (χ0v) is 45.6. The van der Waals surface area contributed by atoms with Crippen LogP contribution in [0, 0.1) is 28.9 Å². The van der Waals surface area contributed by atoms with Crippen molar-refractivity contribution in [1.29, 1.82) is 5.26 Å². The number of halogens is 2. The number of carbonyl (C=O) groups excluding carboxylic acids is 5. The van der Waals surface area contributed by atoms with Gasteiger partial charge in [-0.15, -0.1) is 11.8 Å². The van der Waals surface area contributed by atoms with Crippen molar-refractivity contribution in [2.75, 3.05) is 96.2 Å². The van der Waals surface area contributed by atoms with Crippen LogP contribution in [0.3, 0.4) is 0 Å². The number of carbonyl (C=O) groups is 5. The topological polar surface area (TPSA) is 259 Å². The van der Waals surface area contributed by atoms with E-state index in [1.165, 1.54) is 70.0 Å². The van der Waals surface area contributed by atoms with Crippen LogP contribution < -0.4 is 26.6 Å². The van der Waals surface area contributed by atoms with E-state index >= 15 is 0 Å². The second-order valence-electron chi connectivity index (χ2n) is 20.6. The SMILES string of the molecule is CN[C@H](C)C(=O)N[C@@H](C(=O)N1CCC[C@@H]1C1=NC(C(=O)c2ccc(F)cc2)CS1)C1CCN(CCOCCOCCC(=O)NCCn2nc3c(c2C#N)-c2cnc(N)c(n2)N2CCC[C@@H]2c2cc(F)ccc2C(=O)N(C)C3)CC1. The molecule has 2 aromatic heterocycles. The third-order valence-corrected chi connectivity index (χ3v) is 16.6. The number of Topliss-reactive ketones (excluding diaryl/α,β-unsaturated/α-hetero) is 1. The summed E-state index contributed by atoms with van der Waals surface area (Å²) in [4.78, 5) is 89.5. The number of likely N-dealkylation sites (tertiary alicyclic amines) is 2. The van der Waals surface area contributed by atoms with Crippen LogP contribution in [0.1, 0.15) is 95.6 Å². The molecule has 2 aromatic carbocycles. The molecule has 3 fully saturated rings. The molecule has 79 heavy (non-hydrogen) atoms. The fraction of sp³-hybridized carbons (Fsp3) is 0.527. The van der Waals surface area contributed by atoms with Gasteiger partial charge in [0.15, 0.2) is 17.4 Å². The maximum atomic E-state index is 14.7. The zero-order chi connectivity index (χ0) is 55.7. The number of ether oxygens (including phenoxy) is 2. The van der Waals surface area contributed by atoms with Crippen LogP contribution >= 0.6 is 11.8 Å². The molecule has 0 aliphatic carbocycles. The lowest BCUT2D eigenvalue weighted by Gasteiger charge is -2.38. The predicted octanol–water partition coefficient (Wildman–Crippen LogP) is 3.73. The second kappa shape index (κ2) is 25.9. The number of rotatable bonds is 20. The lowest BCUT2D eigenvalue weighted by molar-refractivity contribution is -0.138. The van der Waals surface area contributed by atoms with Gasteiger partial charge in [0.1, 0.15) is 35.5 Å². The van der Waals surface area contributed by atoms with Crippen LogP contribution in [-0.2, 0) is 36.9 Å². The fourth-order valence-corrected chi connectivity index (χ4v) is 12.3. The van der Waals surface area contributed by atoms with Gasteiger partial charge >= 0.3 is 0 Å². The minimum atomic E-state index is -0.723. The van der Waals surface area contributed by atoms with E-state index in [0.29, 0.717) is 104 Å². The minimum absolute atomic E-state index is 0.00634. The Morgan fingerprint density at radius 1 is 0.937 bits per heavy atom. The summed E-state index contributed by atoms with van der Waals surface area (Å²) in [7, 11) is 3.33. The van der Waals surface area contributed by atoms with E-state index in [2.05, 4.69) is 31.9 Å². The predicted molar refractivity (Wildman–Crippen MR) is 292 cm³/mol. The molecular formula is C55H68F2N14O7S. The zero-order valence-electron chi connectivity index (χ0n) is 44.8. The molecule has 5 atom stereocenters. The molecule has 21 nitrogen and oxygen atoms in total. The lowest BCUT2D eigenvalue weighted by atomic mass is 9.88. The smallest absolute Gasteiger partial charge is 0.254 e. The standard InChI is InChI=1S/C55H68F2N14O7S/c1-33(60-2)52(74)65-48(55(76)70-19-5-7-44(70)53-64-42(32-79-53)49(73)35-8-10-36(56)11-9-35)34-14-20-68(21-15-34)23-25-78-27-26-77-24-16-46(72)61-17-22-71-45(29-58)47-40-30-62-50(59)51(63-40)69-18-4-6-43(69)39-28-37(57)12-13-38(39)54(75)67(3)31-41(47)66-71/h8-13,28,30,33-34,42-44,48,60H,4-7,14-27,31-32H2,1-3H3,(H2,59,62)(H,61,72)(H,65,74)/t33-,42?,43-,44-,48-/m1/s1. The first kappa shape index (κ1) is 56.8. The molecule has 5 aliphatic heterocycles. The molecule has 7 heterocycles. The van der Waals surface area contributed by atoms with E-state index in [1.807, 2.05) is 9.80 Å². The van der Waals surface area contributed by atoms with Gasteiger partial charge < -0.3 is 50.8 Å². The third-order valence-electron chi connectivity index (χ3n) is 15.5. The quantitative estimate of drug-likeness (QED) is 0.0726. The highest BCUT2D eigenvalue weighted by atomic mass is 32.2. The molecule has 3 saturated heterocycles. The molecule has 0 radical (unpaired) electrons. The number of aliphatic imine (C=N–C) groups is 1. The van der Waals surface area contributed by atoms with E-state index in [9.17, 15) is 38.0 Å². The van der Waals surface area contributed by atoms with Crippen molar-refractivity contribution in [1.82, 2.24) is 50.4 Å². The molecule has 1 unspecified atom stereocenters. The van der Waals surface area contributed by atoms with Gasteiger partial charge in [0.05, 0.1) is 85.8 Å². The van der Waals surface area contributed by atoms with Gasteiger partial charge in [0.2, 0.25) is 17.7 Å². The Balaban J connectivity index is 0.711. The van der Waals surface area contributed by atoms with E-state index in [1.54, 1.807) is 21.0 Å². The first-order valence-corrected chi connectivity index (χ1v) is 28.1. The molecule has 420 valence electrons. The molecule has 4 aromatic rings. The monoisotopic (exact) mass is 1110 g/mol. The summed E-state index contributed by atoms with van der Waals surface area (Å²) in [5.41, 5.74) is 9.00. The first-order valence-electron chi connectivity index (χ1n) is 27.1. The number of fused-ring (bicyclic) bond motifs is 8. The molecule has 24 heteroatoms. The average molecular weight is 1110 g/mol. The molecule has 2 bridgehead atoms. The number of nitrogen functional groups attached to an aromatic ring is 1. The number of anilines is 2. The Morgan fingerprint density at radius 2 is 1.67 bits per heavy atom. The molecule has 5 N–H and O–H groups in total.